The van der Waals surface area contributed by atoms with Crippen molar-refractivity contribution in [1.29, 1.82) is 0 Å². The highest BCUT2D eigenvalue weighted by molar-refractivity contribution is 5.35. The van der Waals surface area contributed by atoms with E-state index in [-0.39, 0.29) is 5.82 Å². The molecule has 1 aliphatic rings. The molecule has 0 aliphatic carbocycles. The van der Waals surface area contributed by atoms with Gasteiger partial charge in [-0.25, -0.2) is 4.39 Å². The highest BCUT2D eigenvalue weighted by Crippen LogP contribution is 2.34. The average Bonchev–Trinajstić information content (AvgIpc) is 2.76. The molecule has 0 aromatic heterocycles. The first kappa shape index (κ1) is 18.8. The van der Waals surface area contributed by atoms with Gasteiger partial charge in [0.25, 0.3) is 0 Å². The van der Waals surface area contributed by atoms with Crippen LogP contribution in [0.1, 0.15) is 16.7 Å². The Morgan fingerprint density at radius 2 is 1.21 bits per heavy atom. The van der Waals surface area contributed by atoms with Crippen molar-refractivity contribution < 1.29 is 9.50 Å². The fraction of sp³-hybridized carbons (Fsp3) is 0.250. The fourth-order valence-corrected chi connectivity index (χ4v) is 3.97. The van der Waals surface area contributed by atoms with E-state index in [0.29, 0.717) is 19.6 Å². The first-order valence-corrected chi connectivity index (χ1v) is 9.72. The number of rotatable bonds is 5. The van der Waals surface area contributed by atoms with Crippen LogP contribution in [0.25, 0.3) is 0 Å². The minimum Gasteiger partial charge on any atom is -0.367 e. The lowest BCUT2D eigenvalue weighted by molar-refractivity contribution is -0.100. The molecule has 144 valence electrons. The van der Waals surface area contributed by atoms with Crippen molar-refractivity contribution >= 4 is 0 Å². The number of piperazine rings is 1. The van der Waals surface area contributed by atoms with E-state index >= 15 is 0 Å². The Bertz CT molecular complexity index is 853. The van der Waals surface area contributed by atoms with Gasteiger partial charge in [-0.15, -0.1) is 0 Å². The number of benzene rings is 3. The molecule has 1 fully saturated rings. The molecule has 1 heterocycles. The van der Waals surface area contributed by atoms with Gasteiger partial charge < -0.3 is 5.11 Å². The topological polar surface area (TPSA) is 26.7 Å². The Hall–Kier alpha value is -2.53. The van der Waals surface area contributed by atoms with E-state index in [0.717, 1.165) is 29.8 Å². The molecular weight excluding hydrogens is 351 g/mol. The lowest BCUT2D eigenvalue weighted by atomic mass is 9.92. The van der Waals surface area contributed by atoms with Crippen molar-refractivity contribution in [2.75, 3.05) is 26.2 Å². The summed E-state index contributed by atoms with van der Waals surface area (Å²) in [6.07, 6.45) is 0. The van der Waals surface area contributed by atoms with Gasteiger partial charge in [-0.2, -0.15) is 0 Å². The van der Waals surface area contributed by atoms with Crippen molar-refractivity contribution in [2.45, 2.75) is 12.3 Å². The molecule has 0 atom stereocenters. The zero-order valence-corrected chi connectivity index (χ0v) is 15.8. The lowest BCUT2D eigenvalue weighted by Crippen LogP contribution is -2.55. The normalized spacial score (nSPS) is 16.2. The fourth-order valence-electron chi connectivity index (χ4n) is 3.97. The van der Waals surface area contributed by atoms with Crippen LogP contribution in [0.2, 0.25) is 0 Å². The summed E-state index contributed by atoms with van der Waals surface area (Å²) in [5.74, 6) is -0.157. The molecule has 1 saturated heterocycles. The highest BCUT2D eigenvalue weighted by Gasteiger charge is 2.39. The summed E-state index contributed by atoms with van der Waals surface area (Å²) in [6.45, 7) is 3.55. The number of hydrogen-bond acceptors (Lipinski definition) is 3. The van der Waals surface area contributed by atoms with E-state index in [4.69, 9.17) is 0 Å². The first-order chi connectivity index (χ1) is 13.7. The second-order valence-electron chi connectivity index (χ2n) is 7.26. The molecule has 0 bridgehead atoms. The van der Waals surface area contributed by atoms with Crippen molar-refractivity contribution in [1.82, 2.24) is 9.80 Å². The van der Waals surface area contributed by atoms with Gasteiger partial charge in [0.1, 0.15) is 5.82 Å². The lowest BCUT2D eigenvalue weighted by Gasteiger charge is -2.45. The van der Waals surface area contributed by atoms with Crippen LogP contribution in [0.5, 0.6) is 0 Å². The summed E-state index contributed by atoms with van der Waals surface area (Å²) in [6, 6.07) is 26.6. The third-order valence-electron chi connectivity index (χ3n) is 5.53. The first-order valence-electron chi connectivity index (χ1n) is 9.72. The largest absolute Gasteiger partial charge is 0.367 e. The minimum atomic E-state index is -1.17. The Morgan fingerprint density at radius 1 is 0.714 bits per heavy atom. The van der Waals surface area contributed by atoms with E-state index in [2.05, 4.69) is 9.80 Å². The standard InChI is InChI=1S/C24H25FN2O/c25-23-14-8-7-9-20(23)19-26-15-17-27(18-16-26)24(28,21-10-3-1-4-11-21)22-12-5-2-6-13-22/h1-14,28H,15-19H2. The summed E-state index contributed by atoms with van der Waals surface area (Å²) in [7, 11) is 0. The van der Waals surface area contributed by atoms with Crippen LogP contribution < -0.4 is 0 Å². The molecule has 1 aliphatic heterocycles. The van der Waals surface area contributed by atoms with Crippen molar-refractivity contribution in [3.8, 4) is 0 Å². The van der Waals surface area contributed by atoms with Gasteiger partial charge in [-0.05, 0) is 6.07 Å². The average molecular weight is 376 g/mol. The van der Waals surface area contributed by atoms with Crippen molar-refractivity contribution in [2.24, 2.45) is 0 Å². The molecule has 3 nitrogen and oxygen atoms in total. The Kier molecular flexibility index (Phi) is 5.53. The summed E-state index contributed by atoms with van der Waals surface area (Å²) in [5.41, 5.74) is 1.27. The van der Waals surface area contributed by atoms with Gasteiger partial charge >= 0.3 is 0 Å². The third-order valence-corrected chi connectivity index (χ3v) is 5.53. The van der Waals surface area contributed by atoms with E-state index in [1.807, 2.05) is 72.8 Å². The maximum atomic E-state index is 14.0. The van der Waals surface area contributed by atoms with Crippen molar-refractivity contribution in [3.63, 3.8) is 0 Å². The van der Waals surface area contributed by atoms with Gasteiger partial charge in [0.15, 0.2) is 5.72 Å². The molecule has 0 radical (unpaired) electrons. The maximum Gasteiger partial charge on any atom is 0.171 e. The van der Waals surface area contributed by atoms with Gasteiger partial charge in [0, 0.05) is 49.4 Å². The van der Waals surface area contributed by atoms with Crippen molar-refractivity contribution in [3.05, 3.63) is 107 Å². The molecule has 0 amide bonds. The summed E-state index contributed by atoms with van der Waals surface area (Å²) in [4.78, 5) is 4.36. The molecule has 28 heavy (non-hydrogen) atoms. The second-order valence-corrected chi connectivity index (χ2v) is 7.26. The maximum absolute atomic E-state index is 14.0. The number of nitrogens with zero attached hydrogens (tertiary/aromatic N) is 2. The zero-order chi connectivity index (χ0) is 19.4. The Balaban J connectivity index is 1.54. The molecular formula is C24H25FN2O. The SMILES string of the molecule is OC(c1ccccc1)(c1ccccc1)N1CCN(Cc2ccccc2F)CC1. The summed E-state index contributed by atoms with van der Waals surface area (Å²) >= 11 is 0. The molecule has 0 saturated carbocycles. The smallest absolute Gasteiger partial charge is 0.171 e. The van der Waals surface area contributed by atoms with Gasteiger partial charge in [0.05, 0.1) is 0 Å². The quantitative estimate of drug-likeness (QED) is 0.733. The molecule has 4 heteroatoms. The molecule has 0 spiro atoms. The molecule has 3 aromatic rings. The van der Waals surface area contributed by atoms with E-state index in [1.54, 1.807) is 6.07 Å². The summed E-state index contributed by atoms with van der Waals surface area (Å²) in [5, 5.41) is 11.8. The number of halogens is 1. The Morgan fingerprint density at radius 3 is 1.75 bits per heavy atom. The van der Waals surface area contributed by atoms with Gasteiger partial charge in [-0.3, -0.25) is 9.80 Å². The summed E-state index contributed by atoms with van der Waals surface area (Å²) < 4.78 is 14.0. The van der Waals surface area contributed by atoms with Gasteiger partial charge in [0.2, 0.25) is 0 Å². The van der Waals surface area contributed by atoms with Crippen LogP contribution in [0.15, 0.2) is 84.9 Å². The Labute approximate surface area is 165 Å². The number of hydrogen-bond donors (Lipinski definition) is 1. The second kappa shape index (κ2) is 8.23. The van der Waals surface area contributed by atoms with Crippen LogP contribution in [0.4, 0.5) is 4.39 Å². The highest BCUT2D eigenvalue weighted by atomic mass is 19.1. The van der Waals surface area contributed by atoms with E-state index in [1.165, 1.54) is 6.07 Å². The predicted molar refractivity (Wildman–Crippen MR) is 109 cm³/mol. The van der Waals surface area contributed by atoms with Crippen LogP contribution >= 0.6 is 0 Å². The third kappa shape index (κ3) is 3.72. The minimum absolute atomic E-state index is 0.157. The van der Waals surface area contributed by atoms with Crippen LogP contribution in [-0.4, -0.2) is 41.1 Å². The van der Waals surface area contributed by atoms with Gasteiger partial charge in [-0.1, -0.05) is 78.9 Å². The molecule has 3 aromatic carbocycles. The van der Waals surface area contributed by atoms with E-state index in [9.17, 15) is 9.50 Å². The van der Waals surface area contributed by atoms with E-state index < -0.39 is 5.72 Å². The molecule has 4 rings (SSSR count). The molecule has 1 N–H and O–H groups in total. The zero-order valence-electron chi connectivity index (χ0n) is 15.8. The predicted octanol–water partition coefficient (Wildman–Crippen LogP) is 3.84. The van der Waals surface area contributed by atoms with Crippen LogP contribution in [0, 0.1) is 5.82 Å². The molecule has 0 unspecified atom stereocenters. The van der Waals surface area contributed by atoms with Crippen LogP contribution in [-0.2, 0) is 12.3 Å². The number of aliphatic hydroxyl groups is 1. The van der Waals surface area contributed by atoms with Crippen LogP contribution in [0.3, 0.4) is 0 Å². The monoisotopic (exact) mass is 376 g/mol.